The zero-order valence-corrected chi connectivity index (χ0v) is 90.2. The Kier molecular flexibility index (Phi) is 48.3. The third-order valence-electron chi connectivity index (χ3n) is 22.7. The molecule has 8 heterocycles. The van der Waals surface area contributed by atoms with E-state index in [4.69, 9.17) is 123 Å². The van der Waals surface area contributed by atoms with Gasteiger partial charge in [0.05, 0.1) is 252 Å². The Labute approximate surface area is 896 Å². The van der Waals surface area contributed by atoms with Crippen LogP contribution in [0, 0.1) is 13.8 Å². The minimum atomic E-state index is -1.35. The number of hydrogen-bond donors (Lipinski definition) is 6. The minimum absolute atomic E-state index is 0.0323. The van der Waals surface area contributed by atoms with Gasteiger partial charge in [-0.25, -0.2) is 29.5 Å². The monoisotopic (exact) mass is 2200 g/mol. The molecule has 2 aliphatic rings. The Hall–Kier alpha value is -9.80. The molecule has 0 radical (unpaired) electrons. The maximum absolute atomic E-state index is 12.5. The van der Waals surface area contributed by atoms with Gasteiger partial charge in [0.25, 0.3) is 0 Å². The van der Waals surface area contributed by atoms with Crippen LogP contribution in [0.25, 0.3) is 120 Å². The molecule has 0 bridgehead atoms. The fourth-order valence-electron chi connectivity index (χ4n) is 15.7. The van der Waals surface area contributed by atoms with Crippen molar-refractivity contribution in [2.24, 2.45) is 0 Å². The van der Waals surface area contributed by atoms with Gasteiger partial charge in [-0.05, 0) is 155 Å². The standard InChI is InChI=1S/C103H124N12O24S9/c1-67(2)63-140-59-55-131-43-39-123-31-35-127-48-53-137-76-22-14-72(15-23-76)93-94(73-16-24-77(25-17-73)138-54-49-128-36-32-124-40-44-132-56-60-141-65-84(117)105-30-29-104-83(116)8-6-5-7-82-95-78(64-143-82)106-102(120)111-95)110-98-88(101-100(114-148-115-101)86(97(98)109-93)79-26-9-68(3)145-79)81-28-27-80(146-81)87-96-89(69(4)90-99(87)113-147-112-90)107-91(70-10-18-74(19-11-70)135-51-47-129-37-33-125-41-45-133-57-61-142-66-85(118)119)92(108-96)71-12-20-75(21-13-71)136-52-50-130-38-34-126-42-46-134-58-62-144-139-103(121)122/h9-28,78,82,95H,1,5-8,29-66H2,2-4H3,(H,104,116)(H,105,117)(H,118,119)(H,121,122)(H2,106,111,120)/t78-,82-,95-/m0/s1. The Morgan fingerprint density at radius 3 is 1.15 bits per heavy atom. The number of rotatable bonds is 74. The van der Waals surface area contributed by atoms with Gasteiger partial charge in [-0.1, -0.05) is 18.6 Å². The summed E-state index contributed by atoms with van der Waals surface area (Å²) >= 11 is 12.7. The van der Waals surface area contributed by atoms with Crippen molar-refractivity contribution in [3.63, 3.8) is 0 Å². The van der Waals surface area contributed by atoms with E-state index in [2.05, 4.69) is 63.2 Å². The van der Waals surface area contributed by atoms with Crippen molar-refractivity contribution in [1.29, 1.82) is 0 Å². The molecule has 3 atom stereocenters. The third kappa shape index (κ3) is 35.9. The first-order valence-corrected chi connectivity index (χ1v) is 57.4. The average molecular weight is 2200 g/mol. The summed E-state index contributed by atoms with van der Waals surface area (Å²) in [6, 6.07) is 39.9. The Bertz CT molecular complexity index is 6180. The number of carboxylic acid groups (broad SMARTS) is 2. The predicted molar refractivity (Wildman–Crippen MR) is 586 cm³/mol. The van der Waals surface area contributed by atoms with Gasteiger partial charge in [-0.2, -0.15) is 41.0 Å². The Morgan fingerprint density at radius 1 is 0.399 bits per heavy atom. The van der Waals surface area contributed by atoms with E-state index in [0.717, 1.165) is 142 Å². The van der Waals surface area contributed by atoms with Crippen LogP contribution in [0.2, 0.25) is 0 Å². The highest BCUT2D eigenvalue weighted by molar-refractivity contribution is 8.00. The maximum atomic E-state index is 12.5. The van der Waals surface area contributed by atoms with Gasteiger partial charge in [0.2, 0.25) is 11.8 Å². The second-order valence-corrected chi connectivity index (χ2v) is 42.4. The van der Waals surface area contributed by atoms with E-state index in [1.54, 1.807) is 34.4 Å². The van der Waals surface area contributed by atoms with Gasteiger partial charge in [0.1, 0.15) is 88.0 Å². The molecule has 6 aromatic carbocycles. The van der Waals surface area contributed by atoms with Crippen molar-refractivity contribution >= 4 is 179 Å². The van der Waals surface area contributed by atoms with Crippen LogP contribution in [-0.4, -0.2) is 339 Å². The number of aromatic nitrogens is 8. The number of benzene rings is 6. The molecular weight excluding hydrogens is 2080 g/mol. The van der Waals surface area contributed by atoms with Gasteiger partial charge in [-0.15, -0.1) is 46.2 Å². The molecule has 0 unspecified atom stereocenters. The summed E-state index contributed by atoms with van der Waals surface area (Å²) in [5.74, 6) is 6.21. The molecule has 794 valence electrons. The summed E-state index contributed by atoms with van der Waals surface area (Å²) in [5, 5.41) is 29.6. The number of carbonyl (C=O) groups is 5. The number of nitrogens with zero attached hydrogens (tertiary/aromatic N) is 8. The van der Waals surface area contributed by atoms with E-state index in [0.29, 0.717) is 297 Å². The first-order valence-electron chi connectivity index (χ1n) is 48.9. The SMILES string of the molecule is C=C(C)CSCCOCCOCCOCCOc1ccc(-c2nc3c(-c4ccc(C)s4)c4nsnc4c(-c4ccc(-c5c6nsnc6c(C)c6nc(-c7ccc(OCCOCCOCCOCCSCC(=O)O)cc7)c(-c7ccc(OCCOCCOCCOCCSOC(=O)O)cc7)nc56)s4)c3nc2-c2ccc(OCCOCCOCCOCCSCC(=O)NCCNC(=O)CCCC[C@@H]3SC[C@@H]4NC(=O)N[C@@H]43)cc2)cc1. The number of amides is 4. The van der Waals surface area contributed by atoms with Crippen LogP contribution in [0.3, 0.4) is 0 Å². The van der Waals surface area contributed by atoms with Crippen LogP contribution in [0.1, 0.15) is 43.0 Å². The normalized spacial score (nSPS) is 13.9. The molecule has 12 aromatic rings. The van der Waals surface area contributed by atoms with Crippen LogP contribution >= 0.6 is 105 Å². The molecule has 14 rings (SSSR count). The summed E-state index contributed by atoms with van der Waals surface area (Å²) in [6.07, 6.45) is 1.72. The highest BCUT2D eigenvalue weighted by atomic mass is 32.2. The van der Waals surface area contributed by atoms with Crippen molar-refractivity contribution in [3.8, 4) is 99.3 Å². The molecule has 4 amide bonds. The van der Waals surface area contributed by atoms with Crippen LogP contribution < -0.4 is 40.2 Å². The second kappa shape index (κ2) is 62.9. The summed E-state index contributed by atoms with van der Waals surface area (Å²) in [5.41, 5.74) is 14.9. The number of hydrogen-bond acceptors (Lipinski definition) is 39. The number of carboxylic acids is 1. The lowest BCUT2D eigenvalue weighted by atomic mass is 9.99. The van der Waals surface area contributed by atoms with Gasteiger partial charge in [0.15, 0.2) is 0 Å². The zero-order chi connectivity index (χ0) is 103. The van der Waals surface area contributed by atoms with Crippen molar-refractivity contribution in [2.45, 2.75) is 63.8 Å². The van der Waals surface area contributed by atoms with Crippen molar-refractivity contribution in [1.82, 2.24) is 58.7 Å². The number of thiophene rings is 2. The summed E-state index contributed by atoms with van der Waals surface area (Å²) in [6.45, 7) is 21.4. The number of aryl methyl sites for hydroxylation is 2. The second-order valence-electron chi connectivity index (χ2n) is 33.6. The number of nitrogens with one attached hydrogen (secondary N) is 4. The molecule has 45 heteroatoms. The van der Waals surface area contributed by atoms with Crippen molar-refractivity contribution in [3.05, 3.63) is 144 Å². The zero-order valence-electron chi connectivity index (χ0n) is 82.8. The summed E-state index contributed by atoms with van der Waals surface area (Å²) < 4.78 is 119. The first-order chi connectivity index (χ1) is 72.6. The molecule has 0 saturated carbocycles. The number of unbranched alkanes of at least 4 members (excludes halogenated alkanes) is 1. The van der Waals surface area contributed by atoms with Gasteiger partial charge >= 0.3 is 18.2 Å². The minimum Gasteiger partial charge on any atom is -0.491 e. The molecule has 6 aromatic heterocycles. The van der Waals surface area contributed by atoms with Crippen molar-refractivity contribution in [2.75, 3.05) is 244 Å². The number of thioether (sulfide) groups is 4. The predicted octanol–water partition coefficient (Wildman–Crippen LogP) is 16.9. The van der Waals surface area contributed by atoms with Crippen LogP contribution in [0.5, 0.6) is 23.0 Å². The smallest absolute Gasteiger partial charge is 0.491 e. The van der Waals surface area contributed by atoms with Gasteiger partial charge in [0, 0.05) is 118 Å². The molecule has 0 spiro atoms. The fourth-order valence-corrected chi connectivity index (χ4v) is 22.7. The van der Waals surface area contributed by atoms with E-state index in [1.165, 1.54) is 23.5 Å². The summed E-state index contributed by atoms with van der Waals surface area (Å²) in [4.78, 5) is 84.7. The largest absolute Gasteiger partial charge is 0.518 e. The van der Waals surface area contributed by atoms with E-state index in [-0.39, 0.29) is 61.3 Å². The molecule has 36 nitrogen and oxygen atoms in total. The first kappa shape index (κ1) is 114. The number of fused-ring (bicyclic) bond motifs is 5. The quantitative estimate of drug-likeness (QED) is 0.00892. The lowest BCUT2D eigenvalue weighted by Gasteiger charge is -2.16. The average Bonchev–Trinajstić information content (AvgIpc) is 1.50. The van der Waals surface area contributed by atoms with E-state index >= 15 is 0 Å². The van der Waals surface area contributed by atoms with Crippen LogP contribution in [-0.2, 0) is 75.4 Å². The van der Waals surface area contributed by atoms with E-state index in [9.17, 15) is 24.0 Å². The van der Waals surface area contributed by atoms with Gasteiger partial charge in [-0.3, -0.25) is 14.4 Å². The van der Waals surface area contributed by atoms with Crippen LogP contribution in [0.4, 0.5) is 9.59 Å². The molecule has 2 saturated heterocycles. The molecule has 2 fully saturated rings. The Balaban J connectivity index is 0.660. The highest BCUT2D eigenvalue weighted by Gasteiger charge is 2.43. The molecule has 148 heavy (non-hydrogen) atoms. The third-order valence-corrected chi connectivity index (χ3v) is 31.0. The topological polar surface area (TPSA) is 434 Å². The highest BCUT2D eigenvalue weighted by Crippen LogP contribution is 2.50. The van der Waals surface area contributed by atoms with Gasteiger partial charge < -0.3 is 111 Å². The van der Waals surface area contributed by atoms with Crippen molar-refractivity contribution < 1.29 is 114 Å². The lowest BCUT2D eigenvalue weighted by Crippen LogP contribution is -2.36. The fraction of sp³-hybridized carbons (Fsp3) is 0.466. The Morgan fingerprint density at radius 2 is 0.750 bits per heavy atom. The number of aliphatic carboxylic acids is 1. The van der Waals surface area contributed by atoms with E-state index < -0.39 is 12.1 Å². The molecular formula is C103H124N12O24S9. The number of ether oxygens (including phenoxy) is 16. The number of carbonyl (C=O) groups excluding carboxylic acids is 3. The molecule has 0 aliphatic carbocycles. The maximum Gasteiger partial charge on any atom is 0.518 e. The van der Waals surface area contributed by atoms with E-state index in [1.807, 2.05) is 123 Å². The van der Waals surface area contributed by atoms with Crippen LogP contribution in [0.15, 0.2) is 133 Å². The molecule has 2 aliphatic heterocycles. The molecule has 6 N–H and O–H groups in total. The summed E-state index contributed by atoms with van der Waals surface area (Å²) in [7, 11) is 0. The number of urea groups is 1. The lowest BCUT2D eigenvalue weighted by molar-refractivity contribution is -0.134.